The molecule has 2 fully saturated rings. The van der Waals surface area contributed by atoms with Crippen LogP contribution in [0.5, 0.6) is 5.75 Å². The number of fused-ring (bicyclic) bond motifs is 1. The van der Waals surface area contributed by atoms with Gasteiger partial charge in [0.05, 0.1) is 11.1 Å². The Kier molecular flexibility index (Phi) is 3.33. The van der Waals surface area contributed by atoms with Gasteiger partial charge < -0.3 is 10.4 Å². The fourth-order valence-electron chi connectivity index (χ4n) is 2.91. The summed E-state index contributed by atoms with van der Waals surface area (Å²) in [6, 6.07) is 3.05. The van der Waals surface area contributed by atoms with E-state index in [9.17, 15) is 9.90 Å². The number of phenolic OH excluding ortho intramolecular Hbond substituents is 1. The molecule has 3 rings (SSSR count). The number of piperidine rings is 1. The van der Waals surface area contributed by atoms with Crippen molar-refractivity contribution in [3.8, 4) is 5.75 Å². The summed E-state index contributed by atoms with van der Waals surface area (Å²) in [7, 11) is 0. The molecular formula is C13H14Cl2N2O2. The van der Waals surface area contributed by atoms with Crippen molar-refractivity contribution in [3.63, 3.8) is 0 Å². The number of halogens is 2. The molecule has 6 heteroatoms. The molecule has 2 atom stereocenters. The quantitative estimate of drug-likeness (QED) is 0.838. The molecule has 2 saturated heterocycles. The largest absolute Gasteiger partial charge is 0.506 e. The molecule has 2 aliphatic rings. The Bertz CT molecular complexity index is 536. The molecular weight excluding hydrogens is 287 g/mol. The minimum absolute atomic E-state index is 0.0115. The number of benzene rings is 1. The average Bonchev–Trinajstić information content (AvgIpc) is 2.72. The lowest BCUT2D eigenvalue weighted by Gasteiger charge is -2.31. The lowest BCUT2D eigenvalue weighted by molar-refractivity contribution is -0.122. The third-order valence-electron chi connectivity index (χ3n) is 3.81. The summed E-state index contributed by atoms with van der Waals surface area (Å²) in [6.07, 6.45) is 2.63. The predicted octanol–water partition coefficient (Wildman–Crippen LogP) is 2.68. The topological polar surface area (TPSA) is 52.6 Å². The van der Waals surface area contributed by atoms with Crippen molar-refractivity contribution in [1.29, 1.82) is 0 Å². The fraction of sp³-hybridized carbons (Fsp3) is 0.462. The molecule has 102 valence electrons. The lowest BCUT2D eigenvalue weighted by atomic mass is 10.0. The summed E-state index contributed by atoms with van der Waals surface area (Å²) >= 11 is 11.9. The Morgan fingerprint density at radius 2 is 2.11 bits per heavy atom. The maximum atomic E-state index is 12.0. The van der Waals surface area contributed by atoms with Gasteiger partial charge in [-0.2, -0.15) is 0 Å². The van der Waals surface area contributed by atoms with Crippen molar-refractivity contribution in [2.75, 3.05) is 6.54 Å². The van der Waals surface area contributed by atoms with E-state index >= 15 is 0 Å². The number of carbonyl (C=O) groups excluding carboxylic acids is 1. The van der Waals surface area contributed by atoms with E-state index in [1.54, 1.807) is 6.07 Å². The highest BCUT2D eigenvalue weighted by atomic mass is 35.5. The van der Waals surface area contributed by atoms with Gasteiger partial charge in [-0.25, -0.2) is 0 Å². The lowest BCUT2D eigenvalue weighted by Crippen LogP contribution is -2.38. The highest BCUT2D eigenvalue weighted by Crippen LogP contribution is 2.40. The number of aromatic hydroxyl groups is 1. The molecule has 4 nitrogen and oxygen atoms in total. The smallest absolute Gasteiger partial charge is 0.238 e. The zero-order valence-electron chi connectivity index (χ0n) is 10.2. The SMILES string of the molecule is O=C1NC(c2cc(Cl)cc(Cl)c2O)N2CCCCC12. The fourth-order valence-corrected chi connectivity index (χ4v) is 3.42. The van der Waals surface area contributed by atoms with Crippen molar-refractivity contribution >= 4 is 29.1 Å². The van der Waals surface area contributed by atoms with Crippen LogP contribution in [0.4, 0.5) is 0 Å². The number of nitrogens with zero attached hydrogens (tertiary/aromatic N) is 1. The molecule has 0 radical (unpaired) electrons. The zero-order chi connectivity index (χ0) is 13.6. The van der Waals surface area contributed by atoms with Crippen LogP contribution in [0.15, 0.2) is 12.1 Å². The standard InChI is InChI=1S/C13H14Cl2N2O2/c14-7-5-8(11(18)9(15)6-7)12-16-13(19)10-3-1-2-4-17(10)12/h5-6,10,12,18H,1-4H2,(H,16,19). The van der Waals surface area contributed by atoms with Crippen molar-refractivity contribution < 1.29 is 9.90 Å². The van der Waals surface area contributed by atoms with Crippen LogP contribution in [0.2, 0.25) is 10.0 Å². The van der Waals surface area contributed by atoms with Gasteiger partial charge in [0, 0.05) is 17.1 Å². The van der Waals surface area contributed by atoms with Crippen LogP contribution >= 0.6 is 23.2 Å². The molecule has 19 heavy (non-hydrogen) atoms. The number of nitrogens with one attached hydrogen (secondary N) is 1. The van der Waals surface area contributed by atoms with Gasteiger partial charge >= 0.3 is 0 Å². The summed E-state index contributed by atoms with van der Waals surface area (Å²) < 4.78 is 0. The third-order valence-corrected chi connectivity index (χ3v) is 4.32. The Balaban J connectivity index is 2.00. The van der Waals surface area contributed by atoms with Crippen molar-refractivity contribution in [2.45, 2.75) is 31.5 Å². The van der Waals surface area contributed by atoms with E-state index in [4.69, 9.17) is 23.2 Å². The maximum Gasteiger partial charge on any atom is 0.238 e. The number of hydrogen-bond donors (Lipinski definition) is 2. The Morgan fingerprint density at radius 3 is 2.89 bits per heavy atom. The molecule has 1 aromatic rings. The maximum absolute atomic E-state index is 12.0. The van der Waals surface area contributed by atoms with Crippen molar-refractivity contribution in [2.24, 2.45) is 0 Å². The highest BCUT2D eigenvalue weighted by molar-refractivity contribution is 6.35. The first kappa shape index (κ1) is 13.0. The Hall–Kier alpha value is -0.970. The van der Waals surface area contributed by atoms with Gasteiger partial charge in [0.2, 0.25) is 5.91 Å². The second-order valence-electron chi connectivity index (χ2n) is 4.99. The van der Waals surface area contributed by atoms with Crippen molar-refractivity contribution in [3.05, 3.63) is 27.7 Å². The van der Waals surface area contributed by atoms with Gasteiger partial charge in [-0.15, -0.1) is 0 Å². The molecule has 0 aromatic heterocycles. The summed E-state index contributed by atoms with van der Waals surface area (Å²) in [4.78, 5) is 14.0. The molecule has 0 saturated carbocycles. The van der Waals surface area contributed by atoms with Crippen LogP contribution < -0.4 is 5.32 Å². The van der Waals surface area contributed by atoms with Gasteiger partial charge in [-0.1, -0.05) is 29.6 Å². The van der Waals surface area contributed by atoms with Gasteiger partial charge in [-0.05, 0) is 25.0 Å². The van der Waals surface area contributed by atoms with Gasteiger partial charge in [-0.3, -0.25) is 9.69 Å². The van der Waals surface area contributed by atoms with E-state index in [-0.39, 0.29) is 28.9 Å². The summed E-state index contributed by atoms with van der Waals surface area (Å²) in [6.45, 7) is 0.831. The molecule has 0 bridgehead atoms. The average molecular weight is 301 g/mol. The number of amides is 1. The van der Waals surface area contributed by atoms with E-state index in [1.165, 1.54) is 6.07 Å². The first-order valence-corrected chi connectivity index (χ1v) is 7.07. The number of hydrogen-bond acceptors (Lipinski definition) is 3. The monoisotopic (exact) mass is 300 g/mol. The normalized spacial score (nSPS) is 27.2. The van der Waals surface area contributed by atoms with Crippen LogP contribution in [0, 0.1) is 0 Å². The van der Waals surface area contributed by atoms with E-state index in [2.05, 4.69) is 10.2 Å². The number of carbonyl (C=O) groups is 1. The van der Waals surface area contributed by atoms with Gasteiger partial charge in [0.25, 0.3) is 0 Å². The van der Waals surface area contributed by atoms with E-state index < -0.39 is 0 Å². The van der Waals surface area contributed by atoms with E-state index in [1.807, 2.05) is 0 Å². The third kappa shape index (κ3) is 2.18. The van der Waals surface area contributed by atoms with Crippen LogP contribution in [-0.4, -0.2) is 28.5 Å². The molecule has 1 aromatic carbocycles. The molecule has 0 spiro atoms. The van der Waals surface area contributed by atoms with Crippen LogP contribution in [0.25, 0.3) is 0 Å². The number of rotatable bonds is 1. The molecule has 0 aliphatic carbocycles. The minimum Gasteiger partial charge on any atom is -0.506 e. The minimum atomic E-state index is -0.339. The predicted molar refractivity (Wildman–Crippen MR) is 73.4 cm³/mol. The molecule has 1 amide bonds. The summed E-state index contributed by atoms with van der Waals surface area (Å²) in [5.41, 5.74) is 0.565. The highest BCUT2D eigenvalue weighted by Gasteiger charge is 2.42. The van der Waals surface area contributed by atoms with Crippen molar-refractivity contribution in [1.82, 2.24) is 10.2 Å². The first-order valence-electron chi connectivity index (χ1n) is 6.32. The van der Waals surface area contributed by atoms with Gasteiger partial charge in [0.1, 0.15) is 11.9 Å². The van der Waals surface area contributed by atoms with E-state index in [0.717, 1.165) is 25.8 Å². The van der Waals surface area contributed by atoms with Gasteiger partial charge in [0.15, 0.2) is 0 Å². The molecule has 2 aliphatic heterocycles. The summed E-state index contributed by atoms with van der Waals surface area (Å²) in [5, 5.41) is 13.7. The Morgan fingerprint density at radius 1 is 1.32 bits per heavy atom. The second kappa shape index (κ2) is 4.85. The molecule has 2 N–H and O–H groups in total. The number of phenols is 1. The van der Waals surface area contributed by atoms with Crippen LogP contribution in [0.3, 0.4) is 0 Å². The van der Waals surface area contributed by atoms with Crippen LogP contribution in [0.1, 0.15) is 31.0 Å². The molecule has 2 unspecified atom stereocenters. The van der Waals surface area contributed by atoms with Crippen LogP contribution in [-0.2, 0) is 4.79 Å². The second-order valence-corrected chi connectivity index (χ2v) is 5.83. The molecule has 2 heterocycles. The zero-order valence-corrected chi connectivity index (χ0v) is 11.7. The van der Waals surface area contributed by atoms with E-state index in [0.29, 0.717) is 10.6 Å². The first-order chi connectivity index (χ1) is 9.08. The Labute approximate surface area is 121 Å². The summed E-state index contributed by atoms with van der Waals surface area (Å²) in [5.74, 6) is 0.00258.